The van der Waals surface area contributed by atoms with Crippen molar-refractivity contribution >= 4 is 39.1 Å². The van der Waals surface area contributed by atoms with E-state index in [9.17, 15) is 31.2 Å². The summed E-state index contributed by atoms with van der Waals surface area (Å²) in [6.07, 6.45) is -4.59. The normalized spacial score (nSPS) is 11.9. The van der Waals surface area contributed by atoms with Gasteiger partial charge in [0.15, 0.2) is 0 Å². The molecule has 2 N–H and O–H groups in total. The first kappa shape index (κ1) is 23.6. The van der Waals surface area contributed by atoms with Gasteiger partial charge in [0.2, 0.25) is 15.9 Å². The van der Waals surface area contributed by atoms with Crippen molar-refractivity contribution in [2.75, 3.05) is 25.5 Å². The SMILES string of the molecule is CN(CC(=O)Nc1ccccc1C(=O)NCC(F)(F)F)S(=O)(=O)c1ccc(Cl)cc1. The van der Waals surface area contributed by atoms with E-state index in [4.69, 9.17) is 11.6 Å². The number of sulfonamides is 1. The number of hydrogen-bond donors (Lipinski definition) is 2. The lowest BCUT2D eigenvalue weighted by atomic mass is 10.1. The lowest BCUT2D eigenvalue weighted by molar-refractivity contribution is -0.123. The molecular formula is C18H17ClF3N3O4S. The molecule has 0 bridgehead atoms. The number of carbonyl (C=O) groups excluding carboxylic acids is 2. The number of halogens is 4. The van der Waals surface area contributed by atoms with Gasteiger partial charge in [-0.25, -0.2) is 8.42 Å². The number of nitrogens with one attached hydrogen (secondary N) is 2. The Balaban J connectivity index is 2.09. The van der Waals surface area contributed by atoms with Gasteiger partial charge < -0.3 is 10.6 Å². The number of likely N-dealkylation sites (N-methyl/N-ethyl adjacent to an activating group) is 1. The molecule has 2 amide bonds. The fourth-order valence-electron chi connectivity index (χ4n) is 2.33. The van der Waals surface area contributed by atoms with Gasteiger partial charge in [-0.3, -0.25) is 9.59 Å². The van der Waals surface area contributed by atoms with Crippen LogP contribution in [0, 0.1) is 0 Å². The lowest BCUT2D eigenvalue weighted by Gasteiger charge is -2.18. The molecule has 0 aliphatic rings. The zero-order chi connectivity index (χ0) is 22.5. The molecule has 0 radical (unpaired) electrons. The number of carbonyl (C=O) groups is 2. The number of alkyl halides is 3. The second-order valence-corrected chi connectivity index (χ2v) is 8.59. The summed E-state index contributed by atoms with van der Waals surface area (Å²) in [5.74, 6) is -1.82. The van der Waals surface area contributed by atoms with E-state index in [2.05, 4.69) is 5.32 Å². The van der Waals surface area contributed by atoms with Crippen LogP contribution in [0.2, 0.25) is 5.02 Å². The standard InChI is InChI=1S/C18H17ClF3N3O4S/c1-25(30(28,29)13-8-6-12(19)7-9-13)10-16(26)24-15-5-3-2-4-14(15)17(27)23-11-18(20,21)22/h2-9H,10-11H2,1H3,(H,23,27)(H,24,26). The number of hydrogen-bond acceptors (Lipinski definition) is 4. The van der Waals surface area contributed by atoms with Crippen LogP contribution in [0.3, 0.4) is 0 Å². The van der Waals surface area contributed by atoms with Crippen LogP contribution in [0.5, 0.6) is 0 Å². The summed E-state index contributed by atoms with van der Waals surface area (Å²) in [6, 6.07) is 10.8. The zero-order valence-corrected chi connectivity index (χ0v) is 17.1. The minimum atomic E-state index is -4.59. The van der Waals surface area contributed by atoms with E-state index in [-0.39, 0.29) is 16.1 Å². The summed E-state index contributed by atoms with van der Waals surface area (Å²) in [7, 11) is -2.80. The highest BCUT2D eigenvalue weighted by Crippen LogP contribution is 2.19. The zero-order valence-electron chi connectivity index (χ0n) is 15.5. The number of rotatable bonds is 7. The summed E-state index contributed by atoms with van der Waals surface area (Å²) in [4.78, 5) is 24.2. The summed E-state index contributed by atoms with van der Waals surface area (Å²) in [5, 5.41) is 4.40. The largest absolute Gasteiger partial charge is 0.405 e. The summed E-state index contributed by atoms with van der Waals surface area (Å²) >= 11 is 5.74. The number of anilines is 1. The number of amides is 2. The quantitative estimate of drug-likeness (QED) is 0.660. The fraction of sp³-hybridized carbons (Fsp3) is 0.222. The molecule has 2 rings (SSSR count). The predicted octanol–water partition coefficient (Wildman–Crippen LogP) is 2.89. The van der Waals surface area contributed by atoms with E-state index in [0.29, 0.717) is 5.02 Å². The molecule has 12 heteroatoms. The van der Waals surface area contributed by atoms with Gasteiger partial charge in [-0.2, -0.15) is 17.5 Å². The Kier molecular flexibility index (Phi) is 7.45. The third-order valence-corrected chi connectivity index (χ3v) is 5.85. The Morgan fingerprint density at radius 2 is 1.67 bits per heavy atom. The molecule has 0 fully saturated rings. The molecule has 0 aliphatic heterocycles. The van der Waals surface area contributed by atoms with Crippen molar-refractivity contribution in [1.29, 1.82) is 0 Å². The molecule has 0 heterocycles. The number of nitrogens with zero attached hydrogens (tertiary/aromatic N) is 1. The molecular weight excluding hydrogens is 447 g/mol. The van der Waals surface area contributed by atoms with Gasteiger partial charge >= 0.3 is 6.18 Å². The Labute approximate surface area is 175 Å². The van der Waals surface area contributed by atoms with Gasteiger partial charge in [0.25, 0.3) is 5.91 Å². The van der Waals surface area contributed by atoms with E-state index >= 15 is 0 Å². The third kappa shape index (κ3) is 6.44. The predicted molar refractivity (Wildman–Crippen MR) is 105 cm³/mol. The second kappa shape index (κ2) is 9.45. The molecule has 2 aromatic rings. The Hall–Kier alpha value is -2.63. The molecule has 7 nitrogen and oxygen atoms in total. The maximum Gasteiger partial charge on any atom is 0.405 e. The van der Waals surface area contributed by atoms with E-state index in [1.165, 1.54) is 55.6 Å². The maximum absolute atomic E-state index is 12.5. The first-order chi connectivity index (χ1) is 13.9. The molecule has 0 aliphatic carbocycles. The smallest absolute Gasteiger partial charge is 0.343 e. The monoisotopic (exact) mass is 463 g/mol. The average Bonchev–Trinajstić information content (AvgIpc) is 2.66. The molecule has 2 aromatic carbocycles. The van der Waals surface area contributed by atoms with Crippen molar-refractivity contribution in [2.45, 2.75) is 11.1 Å². The van der Waals surface area contributed by atoms with Crippen LogP contribution in [0.1, 0.15) is 10.4 Å². The van der Waals surface area contributed by atoms with Crippen LogP contribution in [0.25, 0.3) is 0 Å². The first-order valence-electron chi connectivity index (χ1n) is 8.36. The van der Waals surface area contributed by atoms with Crippen LogP contribution in [0.15, 0.2) is 53.4 Å². The van der Waals surface area contributed by atoms with E-state index < -0.39 is 41.1 Å². The molecule has 0 saturated carbocycles. The van der Waals surface area contributed by atoms with Crippen molar-refractivity contribution < 1.29 is 31.2 Å². The number of benzene rings is 2. The first-order valence-corrected chi connectivity index (χ1v) is 10.2. The van der Waals surface area contributed by atoms with Gasteiger partial charge in [-0.1, -0.05) is 23.7 Å². The van der Waals surface area contributed by atoms with Gasteiger partial charge in [0, 0.05) is 12.1 Å². The Bertz CT molecular complexity index is 1030. The average molecular weight is 464 g/mol. The molecule has 0 aromatic heterocycles. The highest BCUT2D eigenvalue weighted by atomic mass is 35.5. The van der Waals surface area contributed by atoms with Gasteiger partial charge in [0.05, 0.1) is 22.7 Å². The highest BCUT2D eigenvalue weighted by molar-refractivity contribution is 7.89. The van der Waals surface area contributed by atoms with Crippen molar-refractivity contribution in [3.8, 4) is 0 Å². The van der Waals surface area contributed by atoms with Crippen LogP contribution < -0.4 is 10.6 Å². The van der Waals surface area contributed by atoms with Crippen molar-refractivity contribution in [3.63, 3.8) is 0 Å². The van der Waals surface area contributed by atoms with Gasteiger partial charge in [0.1, 0.15) is 6.54 Å². The van der Waals surface area contributed by atoms with Crippen LogP contribution >= 0.6 is 11.6 Å². The van der Waals surface area contributed by atoms with Crippen LogP contribution in [0.4, 0.5) is 18.9 Å². The lowest BCUT2D eigenvalue weighted by Crippen LogP contribution is -2.36. The molecule has 30 heavy (non-hydrogen) atoms. The summed E-state index contributed by atoms with van der Waals surface area (Å²) < 4.78 is 62.7. The van der Waals surface area contributed by atoms with E-state index in [0.717, 1.165) is 4.31 Å². The molecule has 0 spiro atoms. The molecule has 0 unspecified atom stereocenters. The minimum Gasteiger partial charge on any atom is -0.343 e. The van der Waals surface area contributed by atoms with Crippen molar-refractivity contribution in [2.24, 2.45) is 0 Å². The van der Waals surface area contributed by atoms with Crippen molar-refractivity contribution in [1.82, 2.24) is 9.62 Å². The fourth-order valence-corrected chi connectivity index (χ4v) is 3.58. The van der Waals surface area contributed by atoms with E-state index in [1.54, 1.807) is 5.32 Å². The van der Waals surface area contributed by atoms with E-state index in [1.807, 2.05) is 0 Å². The second-order valence-electron chi connectivity index (χ2n) is 6.11. The Morgan fingerprint density at radius 1 is 1.07 bits per heavy atom. The molecule has 0 atom stereocenters. The van der Waals surface area contributed by atoms with Gasteiger partial charge in [-0.15, -0.1) is 0 Å². The van der Waals surface area contributed by atoms with Crippen LogP contribution in [-0.4, -0.2) is 50.9 Å². The molecule has 0 saturated heterocycles. The molecule has 162 valence electrons. The maximum atomic E-state index is 12.5. The summed E-state index contributed by atoms with van der Waals surface area (Å²) in [6.45, 7) is -2.13. The highest BCUT2D eigenvalue weighted by Gasteiger charge is 2.28. The summed E-state index contributed by atoms with van der Waals surface area (Å²) in [5.41, 5.74) is -0.252. The van der Waals surface area contributed by atoms with Gasteiger partial charge in [-0.05, 0) is 36.4 Å². The number of para-hydroxylation sites is 1. The van der Waals surface area contributed by atoms with Crippen LogP contribution in [-0.2, 0) is 14.8 Å². The van der Waals surface area contributed by atoms with Crippen molar-refractivity contribution in [3.05, 3.63) is 59.1 Å². The Morgan fingerprint density at radius 3 is 2.27 bits per heavy atom. The minimum absolute atomic E-state index is 0.0561. The third-order valence-electron chi connectivity index (χ3n) is 3.78. The topological polar surface area (TPSA) is 95.6 Å².